The second-order valence-electron chi connectivity index (χ2n) is 6.20. The summed E-state index contributed by atoms with van der Waals surface area (Å²) < 4.78 is 17.2. The Morgan fingerprint density at radius 2 is 2.00 bits per heavy atom. The van der Waals surface area contributed by atoms with Crippen LogP contribution in [0.15, 0.2) is 12.8 Å². The van der Waals surface area contributed by atoms with Gasteiger partial charge in [-0.05, 0) is 25.2 Å². The molecule has 20 heavy (non-hydrogen) atoms. The monoisotopic (exact) mass is 282 g/mol. The van der Waals surface area contributed by atoms with Gasteiger partial charge in [0.25, 0.3) is 0 Å². The highest BCUT2D eigenvalue weighted by atomic mass is 16.6. The molecule has 2 atom stereocenters. The Kier molecular flexibility index (Phi) is 6.37. The summed E-state index contributed by atoms with van der Waals surface area (Å²) in [6, 6.07) is 0. The minimum absolute atomic E-state index is 0.00979. The zero-order valence-electron chi connectivity index (χ0n) is 12.9. The lowest BCUT2D eigenvalue weighted by Crippen LogP contribution is -2.44. The highest BCUT2D eigenvalue weighted by Gasteiger charge is 2.41. The Morgan fingerprint density at radius 3 is 2.60 bits per heavy atom. The van der Waals surface area contributed by atoms with Crippen molar-refractivity contribution in [3.63, 3.8) is 0 Å². The van der Waals surface area contributed by atoms with Crippen LogP contribution in [0.4, 0.5) is 0 Å². The van der Waals surface area contributed by atoms with E-state index in [1.807, 2.05) is 0 Å². The van der Waals surface area contributed by atoms with Crippen molar-refractivity contribution in [3.05, 3.63) is 12.8 Å². The van der Waals surface area contributed by atoms with Crippen LogP contribution >= 0.6 is 0 Å². The summed E-state index contributed by atoms with van der Waals surface area (Å²) in [6.07, 6.45) is 11.8. The largest absolute Gasteiger partial charge is 0.502 e. The van der Waals surface area contributed by atoms with Gasteiger partial charge in [0.15, 0.2) is 0 Å². The van der Waals surface area contributed by atoms with Crippen LogP contribution in [-0.2, 0) is 14.2 Å². The van der Waals surface area contributed by atoms with Crippen LogP contribution in [0.3, 0.4) is 0 Å². The van der Waals surface area contributed by atoms with Crippen molar-refractivity contribution < 1.29 is 14.2 Å². The van der Waals surface area contributed by atoms with E-state index in [1.165, 1.54) is 32.1 Å². The molecular weight excluding hydrogens is 252 g/mol. The van der Waals surface area contributed by atoms with Crippen LogP contribution < -0.4 is 0 Å². The van der Waals surface area contributed by atoms with Crippen molar-refractivity contribution in [1.29, 1.82) is 0 Å². The second kappa shape index (κ2) is 8.04. The van der Waals surface area contributed by atoms with E-state index in [2.05, 4.69) is 13.5 Å². The minimum Gasteiger partial charge on any atom is -0.502 e. The maximum absolute atomic E-state index is 6.44. The van der Waals surface area contributed by atoms with Crippen molar-refractivity contribution >= 4 is 0 Å². The molecule has 1 saturated heterocycles. The van der Waals surface area contributed by atoms with E-state index in [0.717, 1.165) is 32.5 Å². The van der Waals surface area contributed by atoms with E-state index in [9.17, 15) is 0 Å². The zero-order chi connectivity index (χ0) is 14.3. The number of hydrogen-bond acceptors (Lipinski definition) is 3. The summed E-state index contributed by atoms with van der Waals surface area (Å²) >= 11 is 0. The molecule has 1 aliphatic heterocycles. The Hall–Kier alpha value is -0.540. The molecule has 0 aromatic heterocycles. The predicted molar refractivity (Wildman–Crippen MR) is 80.7 cm³/mol. The Labute approximate surface area is 123 Å². The van der Waals surface area contributed by atoms with Gasteiger partial charge in [0.2, 0.25) is 0 Å². The van der Waals surface area contributed by atoms with Crippen molar-refractivity contribution in [2.75, 3.05) is 19.8 Å². The molecule has 0 N–H and O–H groups in total. The Morgan fingerprint density at radius 1 is 1.25 bits per heavy atom. The fourth-order valence-electron chi connectivity index (χ4n) is 3.59. The van der Waals surface area contributed by atoms with Gasteiger partial charge < -0.3 is 14.2 Å². The van der Waals surface area contributed by atoms with E-state index in [-0.39, 0.29) is 5.60 Å². The molecule has 0 spiro atoms. The van der Waals surface area contributed by atoms with Gasteiger partial charge in [0, 0.05) is 6.42 Å². The van der Waals surface area contributed by atoms with Gasteiger partial charge in [-0.3, -0.25) is 0 Å². The molecule has 0 radical (unpaired) electrons. The summed E-state index contributed by atoms with van der Waals surface area (Å²) in [5.41, 5.74) is -0.00979. The zero-order valence-corrected chi connectivity index (χ0v) is 12.9. The average molecular weight is 282 g/mol. The van der Waals surface area contributed by atoms with Gasteiger partial charge in [-0.2, -0.15) is 0 Å². The quantitative estimate of drug-likeness (QED) is 0.344. The van der Waals surface area contributed by atoms with E-state index >= 15 is 0 Å². The molecular formula is C17H30O3. The van der Waals surface area contributed by atoms with Crippen LogP contribution in [0, 0.1) is 5.92 Å². The Balaban J connectivity index is 1.99. The smallest absolute Gasteiger partial charge is 0.104 e. The third kappa shape index (κ3) is 4.49. The second-order valence-corrected chi connectivity index (χ2v) is 6.20. The number of hydrogen-bond donors (Lipinski definition) is 0. The highest BCUT2D eigenvalue weighted by Crippen LogP contribution is 2.41. The molecule has 1 aliphatic carbocycles. The highest BCUT2D eigenvalue weighted by molar-refractivity contribution is 4.91. The number of ether oxygens (including phenoxy) is 3. The molecule has 2 rings (SSSR count). The number of rotatable bonds is 10. The maximum Gasteiger partial charge on any atom is 0.104 e. The van der Waals surface area contributed by atoms with Gasteiger partial charge >= 0.3 is 0 Å². The molecule has 2 aliphatic rings. The van der Waals surface area contributed by atoms with E-state index in [0.29, 0.717) is 18.6 Å². The molecule has 2 fully saturated rings. The van der Waals surface area contributed by atoms with Crippen molar-refractivity contribution in [2.24, 2.45) is 5.92 Å². The lowest BCUT2D eigenvalue weighted by molar-refractivity contribution is -0.118. The molecule has 3 nitrogen and oxygen atoms in total. The lowest BCUT2D eigenvalue weighted by Gasteiger charge is -2.42. The fraction of sp³-hybridized carbons (Fsp3) is 0.882. The standard InChI is InChI=1S/C17H30O3/c1-3-10-17(11-12-18-4-2,20-14-16-13-19-16)15-8-6-5-7-9-15/h4,15-16H,2-3,5-14H2,1H3. The van der Waals surface area contributed by atoms with Crippen LogP contribution in [0.5, 0.6) is 0 Å². The van der Waals surface area contributed by atoms with Crippen molar-refractivity contribution in [1.82, 2.24) is 0 Å². The molecule has 0 aromatic rings. The van der Waals surface area contributed by atoms with E-state index in [4.69, 9.17) is 14.2 Å². The molecule has 0 aromatic carbocycles. The first kappa shape index (κ1) is 15.8. The van der Waals surface area contributed by atoms with Gasteiger partial charge in [-0.25, -0.2) is 0 Å². The lowest BCUT2D eigenvalue weighted by atomic mass is 9.73. The van der Waals surface area contributed by atoms with Crippen molar-refractivity contribution in [2.45, 2.75) is 70.0 Å². The molecule has 116 valence electrons. The third-order valence-corrected chi connectivity index (χ3v) is 4.74. The maximum atomic E-state index is 6.44. The Bertz CT molecular complexity index is 282. The molecule has 1 saturated carbocycles. The normalized spacial score (nSPS) is 25.9. The molecule has 0 amide bonds. The molecule has 2 unspecified atom stereocenters. The topological polar surface area (TPSA) is 31.0 Å². The van der Waals surface area contributed by atoms with E-state index < -0.39 is 0 Å². The first-order valence-electron chi connectivity index (χ1n) is 8.29. The van der Waals surface area contributed by atoms with Gasteiger partial charge in [-0.15, -0.1) is 0 Å². The van der Waals surface area contributed by atoms with Crippen molar-refractivity contribution in [3.8, 4) is 0 Å². The SMILES string of the molecule is C=COCCC(CCC)(OCC1CO1)C1CCCCC1. The summed E-state index contributed by atoms with van der Waals surface area (Å²) in [5, 5.41) is 0. The molecule has 0 bridgehead atoms. The summed E-state index contributed by atoms with van der Waals surface area (Å²) in [7, 11) is 0. The van der Waals surface area contributed by atoms with Gasteiger partial charge in [0.05, 0.1) is 31.7 Å². The molecule has 1 heterocycles. The van der Waals surface area contributed by atoms with Crippen LogP contribution in [0.1, 0.15) is 58.3 Å². The van der Waals surface area contributed by atoms with Crippen LogP contribution in [0.25, 0.3) is 0 Å². The van der Waals surface area contributed by atoms with Crippen LogP contribution in [0.2, 0.25) is 0 Å². The first-order chi connectivity index (χ1) is 9.80. The molecule has 3 heteroatoms. The minimum atomic E-state index is -0.00979. The van der Waals surface area contributed by atoms with Crippen LogP contribution in [-0.4, -0.2) is 31.5 Å². The number of epoxide rings is 1. The van der Waals surface area contributed by atoms with Gasteiger partial charge in [-0.1, -0.05) is 39.2 Å². The summed E-state index contributed by atoms with van der Waals surface area (Å²) in [4.78, 5) is 0. The average Bonchev–Trinajstić information content (AvgIpc) is 3.30. The van der Waals surface area contributed by atoms with E-state index in [1.54, 1.807) is 6.26 Å². The predicted octanol–water partition coefficient (Wildman–Crippen LogP) is 4.07. The van der Waals surface area contributed by atoms with Gasteiger partial charge in [0.1, 0.15) is 6.10 Å². The third-order valence-electron chi connectivity index (χ3n) is 4.74. The summed E-state index contributed by atoms with van der Waals surface area (Å²) in [6.45, 7) is 8.23. The fourth-order valence-corrected chi connectivity index (χ4v) is 3.59. The summed E-state index contributed by atoms with van der Waals surface area (Å²) in [5.74, 6) is 0.684. The first-order valence-corrected chi connectivity index (χ1v) is 8.29.